The standard InChI is InChI=1S/C17H25NO2/c1-14(17(20)15-8-4-2-5-9-15)12-18-11-7-3-6-10-16(18)13-19/h2,4-5,8-9,14,16,19H,3,6-7,10-13H2,1H3. The minimum atomic E-state index is -0.0236. The van der Waals surface area contributed by atoms with Crippen LogP contribution in [0.2, 0.25) is 0 Å². The van der Waals surface area contributed by atoms with Gasteiger partial charge in [-0.2, -0.15) is 0 Å². The van der Waals surface area contributed by atoms with E-state index in [0.29, 0.717) is 0 Å². The number of carbonyl (C=O) groups excluding carboxylic acids is 1. The summed E-state index contributed by atoms with van der Waals surface area (Å²) < 4.78 is 0. The van der Waals surface area contributed by atoms with E-state index in [1.807, 2.05) is 37.3 Å². The Balaban J connectivity index is 1.98. The third kappa shape index (κ3) is 3.90. The van der Waals surface area contributed by atoms with E-state index >= 15 is 0 Å². The van der Waals surface area contributed by atoms with Crippen LogP contribution in [0, 0.1) is 5.92 Å². The summed E-state index contributed by atoms with van der Waals surface area (Å²) in [5.74, 6) is 0.177. The number of hydrogen-bond donors (Lipinski definition) is 1. The molecule has 1 heterocycles. The Labute approximate surface area is 121 Å². The topological polar surface area (TPSA) is 40.5 Å². The zero-order valence-corrected chi connectivity index (χ0v) is 12.3. The van der Waals surface area contributed by atoms with E-state index < -0.39 is 0 Å². The SMILES string of the molecule is CC(CN1CCCCCC1CO)C(=O)c1ccccc1. The van der Waals surface area contributed by atoms with Crippen LogP contribution in [0.25, 0.3) is 0 Å². The quantitative estimate of drug-likeness (QED) is 0.840. The Morgan fingerprint density at radius 2 is 2.05 bits per heavy atom. The van der Waals surface area contributed by atoms with E-state index in [4.69, 9.17) is 0 Å². The summed E-state index contributed by atoms with van der Waals surface area (Å²) >= 11 is 0. The molecule has 110 valence electrons. The van der Waals surface area contributed by atoms with Gasteiger partial charge in [0.15, 0.2) is 5.78 Å². The second-order valence-electron chi connectivity index (χ2n) is 5.81. The van der Waals surface area contributed by atoms with Crippen LogP contribution in [0.5, 0.6) is 0 Å². The Bertz CT molecular complexity index is 418. The van der Waals surface area contributed by atoms with Crippen molar-refractivity contribution >= 4 is 5.78 Å². The molecule has 0 radical (unpaired) electrons. The maximum atomic E-state index is 12.4. The summed E-state index contributed by atoms with van der Waals surface area (Å²) in [7, 11) is 0. The van der Waals surface area contributed by atoms with Crippen LogP contribution < -0.4 is 0 Å². The number of rotatable bonds is 5. The van der Waals surface area contributed by atoms with Gasteiger partial charge in [-0.15, -0.1) is 0 Å². The molecule has 2 atom stereocenters. The number of Topliss-reactive ketones (excluding diaryl/α,β-unsaturated/α-hetero) is 1. The molecule has 1 aliphatic heterocycles. The molecule has 1 aliphatic rings. The number of benzene rings is 1. The Kier molecular flexibility index (Phi) is 5.74. The van der Waals surface area contributed by atoms with Crippen LogP contribution in [0.15, 0.2) is 30.3 Å². The first-order valence-electron chi connectivity index (χ1n) is 7.66. The summed E-state index contributed by atoms with van der Waals surface area (Å²) in [6, 6.07) is 9.72. The van der Waals surface area contributed by atoms with Gasteiger partial charge in [0.2, 0.25) is 0 Å². The van der Waals surface area contributed by atoms with Gasteiger partial charge in [-0.05, 0) is 19.4 Å². The molecule has 2 rings (SSSR count). The van der Waals surface area contributed by atoms with E-state index in [0.717, 1.165) is 25.1 Å². The van der Waals surface area contributed by atoms with Crippen LogP contribution in [0.4, 0.5) is 0 Å². The summed E-state index contributed by atoms with van der Waals surface area (Å²) in [6.45, 7) is 3.94. The van der Waals surface area contributed by atoms with E-state index in [2.05, 4.69) is 4.90 Å². The van der Waals surface area contributed by atoms with Crippen LogP contribution in [0.3, 0.4) is 0 Å². The molecule has 0 bridgehead atoms. The number of aliphatic hydroxyl groups excluding tert-OH is 1. The second-order valence-corrected chi connectivity index (χ2v) is 5.81. The molecule has 1 aromatic carbocycles. The number of hydrogen-bond acceptors (Lipinski definition) is 3. The van der Waals surface area contributed by atoms with Crippen molar-refractivity contribution in [3.05, 3.63) is 35.9 Å². The van der Waals surface area contributed by atoms with E-state index in [-0.39, 0.29) is 24.3 Å². The first-order chi connectivity index (χ1) is 9.72. The number of carbonyl (C=O) groups is 1. The highest BCUT2D eigenvalue weighted by molar-refractivity contribution is 5.97. The summed E-state index contributed by atoms with van der Waals surface area (Å²) in [4.78, 5) is 14.7. The highest BCUT2D eigenvalue weighted by atomic mass is 16.3. The number of likely N-dealkylation sites (tertiary alicyclic amines) is 1. The van der Waals surface area contributed by atoms with Crippen molar-refractivity contribution in [2.24, 2.45) is 5.92 Å². The number of nitrogens with zero attached hydrogens (tertiary/aromatic N) is 1. The predicted molar refractivity (Wildman–Crippen MR) is 80.9 cm³/mol. The minimum Gasteiger partial charge on any atom is -0.395 e. The molecule has 3 heteroatoms. The molecule has 0 aliphatic carbocycles. The first kappa shape index (κ1) is 15.2. The van der Waals surface area contributed by atoms with Crippen molar-refractivity contribution < 1.29 is 9.90 Å². The first-order valence-corrected chi connectivity index (χ1v) is 7.66. The van der Waals surface area contributed by atoms with Crippen molar-refractivity contribution in [1.82, 2.24) is 4.90 Å². The third-order valence-corrected chi connectivity index (χ3v) is 4.22. The Hall–Kier alpha value is -1.19. The van der Waals surface area contributed by atoms with E-state index in [1.54, 1.807) is 0 Å². The fraction of sp³-hybridized carbons (Fsp3) is 0.588. The van der Waals surface area contributed by atoms with Crippen LogP contribution in [0.1, 0.15) is 43.0 Å². The summed E-state index contributed by atoms with van der Waals surface area (Å²) in [6.07, 6.45) is 4.63. The number of aliphatic hydroxyl groups is 1. The minimum absolute atomic E-state index is 0.0236. The van der Waals surface area contributed by atoms with Crippen molar-refractivity contribution in [3.63, 3.8) is 0 Å². The van der Waals surface area contributed by atoms with E-state index in [9.17, 15) is 9.90 Å². The molecule has 0 saturated carbocycles. The van der Waals surface area contributed by atoms with Crippen molar-refractivity contribution in [3.8, 4) is 0 Å². The maximum Gasteiger partial charge on any atom is 0.166 e. The lowest BCUT2D eigenvalue weighted by Crippen LogP contribution is -2.41. The average Bonchev–Trinajstić information content (AvgIpc) is 2.72. The molecule has 1 saturated heterocycles. The lowest BCUT2D eigenvalue weighted by Gasteiger charge is -2.30. The van der Waals surface area contributed by atoms with E-state index in [1.165, 1.54) is 19.3 Å². The summed E-state index contributed by atoms with van der Waals surface area (Å²) in [5.41, 5.74) is 0.787. The monoisotopic (exact) mass is 275 g/mol. The zero-order valence-electron chi connectivity index (χ0n) is 12.3. The molecule has 1 N–H and O–H groups in total. The van der Waals surface area contributed by atoms with Crippen molar-refractivity contribution in [2.75, 3.05) is 19.7 Å². The van der Waals surface area contributed by atoms with Gasteiger partial charge < -0.3 is 5.11 Å². The van der Waals surface area contributed by atoms with Crippen molar-refractivity contribution in [1.29, 1.82) is 0 Å². The van der Waals surface area contributed by atoms with Gasteiger partial charge in [0, 0.05) is 24.1 Å². The lowest BCUT2D eigenvalue weighted by atomic mass is 9.98. The molecule has 2 unspecified atom stereocenters. The van der Waals surface area contributed by atoms with Crippen LogP contribution >= 0.6 is 0 Å². The maximum absolute atomic E-state index is 12.4. The van der Waals surface area contributed by atoms with Gasteiger partial charge >= 0.3 is 0 Å². The predicted octanol–water partition coefficient (Wildman–Crippen LogP) is 2.74. The van der Waals surface area contributed by atoms with Gasteiger partial charge in [0.25, 0.3) is 0 Å². The summed E-state index contributed by atoms with van der Waals surface area (Å²) in [5, 5.41) is 9.53. The molecule has 0 amide bonds. The highest BCUT2D eigenvalue weighted by Crippen LogP contribution is 2.19. The van der Waals surface area contributed by atoms with Gasteiger partial charge in [0.1, 0.15) is 0 Å². The molecule has 20 heavy (non-hydrogen) atoms. The van der Waals surface area contributed by atoms with Gasteiger partial charge in [-0.1, -0.05) is 50.1 Å². The molecule has 0 aromatic heterocycles. The molecule has 1 fully saturated rings. The Morgan fingerprint density at radius 1 is 1.30 bits per heavy atom. The number of ketones is 1. The third-order valence-electron chi connectivity index (χ3n) is 4.22. The van der Waals surface area contributed by atoms with Gasteiger partial charge in [-0.3, -0.25) is 9.69 Å². The highest BCUT2D eigenvalue weighted by Gasteiger charge is 2.24. The van der Waals surface area contributed by atoms with Crippen LogP contribution in [-0.2, 0) is 0 Å². The fourth-order valence-corrected chi connectivity index (χ4v) is 3.01. The van der Waals surface area contributed by atoms with Crippen LogP contribution in [-0.4, -0.2) is 41.5 Å². The Morgan fingerprint density at radius 3 is 2.75 bits per heavy atom. The zero-order chi connectivity index (χ0) is 14.4. The average molecular weight is 275 g/mol. The molecule has 3 nitrogen and oxygen atoms in total. The lowest BCUT2D eigenvalue weighted by molar-refractivity contribution is 0.0805. The molecular weight excluding hydrogens is 250 g/mol. The molecule has 0 spiro atoms. The molecular formula is C17H25NO2. The largest absolute Gasteiger partial charge is 0.395 e. The second kappa shape index (κ2) is 7.55. The molecule has 1 aromatic rings. The van der Waals surface area contributed by atoms with Gasteiger partial charge in [-0.25, -0.2) is 0 Å². The smallest absolute Gasteiger partial charge is 0.166 e. The fourth-order valence-electron chi connectivity index (χ4n) is 3.01. The van der Waals surface area contributed by atoms with Crippen molar-refractivity contribution in [2.45, 2.75) is 38.6 Å². The van der Waals surface area contributed by atoms with Gasteiger partial charge in [0.05, 0.1) is 6.61 Å². The normalized spacial score (nSPS) is 22.2.